The first kappa shape index (κ1) is 16.7. The second kappa shape index (κ2) is 7.03. The van der Waals surface area contributed by atoms with Crippen LogP contribution < -0.4 is 5.32 Å². The molecule has 0 atom stereocenters. The van der Waals surface area contributed by atoms with Crippen molar-refractivity contribution in [3.05, 3.63) is 35.4 Å². The second-order valence-corrected chi connectivity index (χ2v) is 6.25. The second-order valence-electron chi connectivity index (χ2n) is 6.25. The van der Waals surface area contributed by atoms with E-state index in [4.69, 9.17) is 0 Å². The predicted molar refractivity (Wildman–Crippen MR) is 83.1 cm³/mol. The molecule has 2 saturated heterocycles. The molecule has 0 unspecified atom stereocenters. The van der Waals surface area contributed by atoms with Crippen LogP contribution in [0.25, 0.3) is 0 Å². The van der Waals surface area contributed by atoms with E-state index in [1.54, 1.807) is 12.1 Å². The SMILES string of the molecule is Cl.FC(F)c1ccc(CN2CCC3(CCNCC3)C2)cc1. The lowest BCUT2D eigenvalue weighted by Crippen LogP contribution is -2.38. The molecule has 1 aromatic carbocycles. The van der Waals surface area contributed by atoms with Gasteiger partial charge >= 0.3 is 0 Å². The lowest BCUT2D eigenvalue weighted by atomic mass is 9.78. The zero-order chi connectivity index (χ0) is 14.0. The van der Waals surface area contributed by atoms with Gasteiger partial charge in [-0.2, -0.15) is 0 Å². The zero-order valence-corrected chi connectivity index (χ0v) is 13.0. The standard InChI is InChI=1S/C16H22F2N2.ClH/c17-15(18)14-3-1-13(2-4-14)11-20-10-7-16(12-20)5-8-19-9-6-16;/h1-4,15,19H,5-12H2;1H. The average molecular weight is 317 g/mol. The monoisotopic (exact) mass is 316 g/mol. The van der Waals surface area contributed by atoms with Gasteiger partial charge in [0.1, 0.15) is 0 Å². The molecule has 118 valence electrons. The van der Waals surface area contributed by atoms with E-state index >= 15 is 0 Å². The number of hydrogen-bond donors (Lipinski definition) is 1. The molecule has 1 aromatic rings. The van der Waals surface area contributed by atoms with E-state index < -0.39 is 6.43 Å². The molecular formula is C16H23ClF2N2. The molecule has 2 heterocycles. The third kappa shape index (κ3) is 3.93. The number of piperidine rings is 1. The van der Waals surface area contributed by atoms with E-state index in [9.17, 15) is 8.78 Å². The summed E-state index contributed by atoms with van der Waals surface area (Å²) in [5, 5.41) is 3.43. The Kier molecular flexibility index (Phi) is 5.58. The first-order valence-electron chi connectivity index (χ1n) is 7.47. The van der Waals surface area contributed by atoms with Gasteiger partial charge in [-0.15, -0.1) is 12.4 Å². The number of nitrogens with one attached hydrogen (secondary N) is 1. The summed E-state index contributed by atoms with van der Waals surface area (Å²) in [6.07, 6.45) is 1.46. The molecule has 0 saturated carbocycles. The molecule has 0 amide bonds. The van der Waals surface area contributed by atoms with Crippen LogP contribution >= 0.6 is 12.4 Å². The Hall–Kier alpha value is -0.710. The summed E-state index contributed by atoms with van der Waals surface area (Å²) in [4.78, 5) is 2.47. The molecule has 21 heavy (non-hydrogen) atoms. The van der Waals surface area contributed by atoms with Gasteiger partial charge in [-0.25, -0.2) is 8.78 Å². The summed E-state index contributed by atoms with van der Waals surface area (Å²) in [7, 11) is 0. The van der Waals surface area contributed by atoms with Crippen LogP contribution in [-0.4, -0.2) is 31.1 Å². The number of hydrogen-bond acceptors (Lipinski definition) is 2. The van der Waals surface area contributed by atoms with Crippen LogP contribution in [0.15, 0.2) is 24.3 Å². The number of halogens is 3. The molecular weight excluding hydrogens is 294 g/mol. The van der Waals surface area contributed by atoms with Gasteiger partial charge in [0.25, 0.3) is 6.43 Å². The predicted octanol–water partition coefficient (Wildman–Crippen LogP) is 3.62. The van der Waals surface area contributed by atoms with Gasteiger partial charge in [0.05, 0.1) is 0 Å². The van der Waals surface area contributed by atoms with E-state index in [1.165, 1.54) is 19.3 Å². The molecule has 0 aliphatic carbocycles. The number of alkyl halides is 2. The van der Waals surface area contributed by atoms with Crippen LogP contribution in [0, 0.1) is 5.41 Å². The maximum absolute atomic E-state index is 12.5. The van der Waals surface area contributed by atoms with Crippen LogP contribution in [0.4, 0.5) is 8.78 Å². The molecule has 2 aliphatic rings. The lowest BCUT2D eigenvalue weighted by Gasteiger charge is -2.33. The summed E-state index contributed by atoms with van der Waals surface area (Å²) < 4.78 is 25.1. The van der Waals surface area contributed by atoms with Crippen LogP contribution in [-0.2, 0) is 6.54 Å². The van der Waals surface area contributed by atoms with Crippen molar-refractivity contribution in [2.75, 3.05) is 26.2 Å². The van der Waals surface area contributed by atoms with Crippen molar-refractivity contribution in [2.45, 2.75) is 32.2 Å². The highest BCUT2D eigenvalue weighted by molar-refractivity contribution is 5.85. The molecule has 0 aromatic heterocycles. The van der Waals surface area contributed by atoms with E-state index in [0.29, 0.717) is 5.41 Å². The van der Waals surface area contributed by atoms with Crippen molar-refractivity contribution >= 4 is 12.4 Å². The first-order chi connectivity index (χ1) is 9.67. The summed E-state index contributed by atoms with van der Waals surface area (Å²) in [5.74, 6) is 0. The number of likely N-dealkylation sites (tertiary alicyclic amines) is 1. The number of nitrogens with zero attached hydrogens (tertiary/aromatic N) is 1. The number of rotatable bonds is 3. The zero-order valence-electron chi connectivity index (χ0n) is 12.2. The minimum Gasteiger partial charge on any atom is -0.317 e. The molecule has 2 fully saturated rings. The highest BCUT2D eigenvalue weighted by Crippen LogP contribution is 2.39. The quantitative estimate of drug-likeness (QED) is 0.916. The maximum Gasteiger partial charge on any atom is 0.263 e. The Bertz CT molecular complexity index is 444. The third-order valence-corrected chi connectivity index (χ3v) is 4.82. The van der Waals surface area contributed by atoms with Gasteiger partial charge in [0.15, 0.2) is 0 Å². The van der Waals surface area contributed by atoms with E-state index in [0.717, 1.165) is 38.3 Å². The van der Waals surface area contributed by atoms with Crippen LogP contribution in [0.2, 0.25) is 0 Å². The Balaban J connectivity index is 0.00000161. The van der Waals surface area contributed by atoms with Gasteiger partial charge in [-0.05, 0) is 49.9 Å². The molecule has 0 bridgehead atoms. The molecule has 5 heteroatoms. The maximum atomic E-state index is 12.5. The van der Waals surface area contributed by atoms with Crippen molar-refractivity contribution in [3.63, 3.8) is 0 Å². The van der Waals surface area contributed by atoms with Gasteiger partial charge in [-0.3, -0.25) is 4.90 Å². The summed E-state index contributed by atoms with van der Waals surface area (Å²) in [6, 6.07) is 6.79. The Morgan fingerprint density at radius 1 is 1.10 bits per heavy atom. The van der Waals surface area contributed by atoms with Gasteiger partial charge in [0.2, 0.25) is 0 Å². The average Bonchev–Trinajstić information content (AvgIpc) is 2.83. The molecule has 0 radical (unpaired) electrons. The topological polar surface area (TPSA) is 15.3 Å². The smallest absolute Gasteiger partial charge is 0.263 e. The van der Waals surface area contributed by atoms with Crippen molar-refractivity contribution in [1.29, 1.82) is 0 Å². The van der Waals surface area contributed by atoms with Crippen molar-refractivity contribution in [3.8, 4) is 0 Å². The van der Waals surface area contributed by atoms with Crippen LogP contribution in [0.5, 0.6) is 0 Å². The highest BCUT2D eigenvalue weighted by Gasteiger charge is 2.38. The molecule has 2 nitrogen and oxygen atoms in total. The fourth-order valence-corrected chi connectivity index (χ4v) is 3.55. The lowest BCUT2D eigenvalue weighted by molar-refractivity contribution is 0.151. The fourth-order valence-electron chi connectivity index (χ4n) is 3.55. The normalized spacial score (nSPS) is 21.7. The van der Waals surface area contributed by atoms with Crippen molar-refractivity contribution in [2.24, 2.45) is 5.41 Å². The van der Waals surface area contributed by atoms with Gasteiger partial charge < -0.3 is 5.32 Å². The van der Waals surface area contributed by atoms with Gasteiger partial charge in [-0.1, -0.05) is 24.3 Å². The van der Waals surface area contributed by atoms with Crippen LogP contribution in [0.1, 0.15) is 36.8 Å². The number of benzene rings is 1. The molecule has 2 aliphatic heterocycles. The Morgan fingerprint density at radius 3 is 2.38 bits per heavy atom. The minimum absolute atomic E-state index is 0. The third-order valence-electron chi connectivity index (χ3n) is 4.82. The summed E-state index contributed by atoms with van der Waals surface area (Å²) in [5.41, 5.74) is 1.76. The highest BCUT2D eigenvalue weighted by atomic mass is 35.5. The Morgan fingerprint density at radius 2 is 1.76 bits per heavy atom. The van der Waals surface area contributed by atoms with Crippen LogP contribution in [0.3, 0.4) is 0 Å². The van der Waals surface area contributed by atoms with E-state index in [-0.39, 0.29) is 18.0 Å². The molecule has 1 N–H and O–H groups in total. The molecule has 1 spiro atoms. The summed E-state index contributed by atoms with van der Waals surface area (Å²) in [6.45, 7) is 5.45. The largest absolute Gasteiger partial charge is 0.317 e. The van der Waals surface area contributed by atoms with Crippen molar-refractivity contribution < 1.29 is 8.78 Å². The van der Waals surface area contributed by atoms with E-state index in [1.807, 2.05) is 12.1 Å². The minimum atomic E-state index is -2.37. The summed E-state index contributed by atoms with van der Waals surface area (Å²) >= 11 is 0. The van der Waals surface area contributed by atoms with Gasteiger partial charge in [0, 0.05) is 18.7 Å². The Labute approximate surface area is 131 Å². The van der Waals surface area contributed by atoms with Crippen molar-refractivity contribution in [1.82, 2.24) is 10.2 Å². The van der Waals surface area contributed by atoms with E-state index in [2.05, 4.69) is 10.2 Å². The fraction of sp³-hybridized carbons (Fsp3) is 0.625. The first-order valence-corrected chi connectivity index (χ1v) is 7.47. The molecule has 3 rings (SSSR count).